The molecule has 0 aromatic heterocycles. The summed E-state index contributed by atoms with van der Waals surface area (Å²) >= 11 is 3.29. The Hall–Kier alpha value is -1.55. The quantitative estimate of drug-likeness (QED) is 0.865. The zero-order valence-electron chi connectivity index (χ0n) is 9.57. The second kappa shape index (κ2) is 5.87. The molecule has 0 saturated heterocycles. The molecule has 0 unspecified atom stereocenters. The molecule has 0 aliphatic rings. The van der Waals surface area contributed by atoms with E-state index in [2.05, 4.69) is 15.9 Å². The predicted molar refractivity (Wildman–Crippen MR) is 71.5 cm³/mol. The van der Waals surface area contributed by atoms with Crippen LogP contribution >= 0.6 is 15.9 Å². The van der Waals surface area contributed by atoms with Gasteiger partial charge in [-0.1, -0.05) is 28.1 Å². The van der Waals surface area contributed by atoms with Gasteiger partial charge in [-0.2, -0.15) is 0 Å². The predicted octanol–water partition coefficient (Wildman–Crippen LogP) is 4.01. The van der Waals surface area contributed by atoms with Gasteiger partial charge in [0.25, 0.3) is 0 Å². The van der Waals surface area contributed by atoms with Crippen molar-refractivity contribution in [1.82, 2.24) is 0 Å². The maximum absolute atomic E-state index is 13.0. The van der Waals surface area contributed by atoms with Crippen LogP contribution in [0.15, 0.2) is 42.5 Å². The summed E-state index contributed by atoms with van der Waals surface area (Å²) in [4.78, 5) is 0. The van der Waals surface area contributed by atoms with Crippen molar-refractivity contribution < 1.29 is 14.2 Å². The fraction of sp³-hybridized carbons (Fsp3) is 0.143. The molecule has 0 amide bonds. The van der Waals surface area contributed by atoms with E-state index in [0.717, 1.165) is 11.1 Å². The molecule has 94 valence electrons. The molecule has 0 atom stereocenters. The van der Waals surface area contributed by atoms with Gasteiger partial charge in [-0.25, -0.2) is 4.39 Å². The largest absolute Gasteiger partial charge is 0.508 e. The second-order valence-electron chi connectivity index (χ2n) is 3.84. The number of phenolic OH excluding ortho intramolecular Hbond substituents is 1. The van der Waals surface area contributed by atoms with Crippen LogP contribution in [0.25, 0.3) is 0 Å². The summed E-state index contributed by atoms with van der Waals surface area (Å²) in [6, 6.07) is 11.3. The molecular formula is C14H12BrFO2. The van der Waals surface area contributed by atoms with Gasteiger partial charge in [0.15, 0.2) is 0 Å². The van der Waals surface area contributed by atoms with E-state index in [9.17, 15) is 9.50 Å². The molecule has 0 aliphatic carbocycles. The summed E-state index contributed by atoms with van der Waals surface area (Å²) in [5.74, 6) is 0.557. The molecule has 0 bridgehead atoms. The van der Waals surface area contributed by atoms with Crippen molar-refractivity contribution >= 4 is 15.9 Å². The van der Waals surface area contributed by atoms with Crippen LogP contribution in [0.2, 0.25) is 0 Å². The normalized spacial score (nSPS) is 10.3. The summed E-state index contributed by atoms with van der Waals surface area (Å²) in [6.07, 6.45) is 0. The summed E-state index contributed by atoms with van der Waals surface area (Å²) in [7, 11) is 0. The molecule has 0 spiro atoms. The van der Waals surface area contributed by atoms with Gasteiger partial charge in [-0.3, -0.25) is 0 Å². The highest BCUT2D eigenvalue weighted by molar-refractivity contribution is 9.08. The first-order valence-corrected chi connectivity index (χ1v) is 6.56. The van der Waals surface area contributed by atoms with E-state index in [4.69, 9.17) is 4.74 Å². The summed E-state index contributed by atoms with van der Waals surface area (Å²) in [5.41, 5.74) is 1.62. The molecule has 0 aliphatic heterocycles. The number of phenols is 1. The van der Waals surface area contributed by atoms with Gasteiger partial charge in [-0.05, 0) is 35.9 Å². The van der Waals surface area contributed by atoms with Crippen LogP contribution in [-0.4, -0.2) is 5.11 Å². The SMILES string of the molecule is Oc1cccc(COc2ccc(F)cc2CBr)c1. The van der Waals surface area contributed by atoms with E-state index in [1.54, 1.807) is 24.3 Å². The van der Waals surface area contributed by atoms with Crippen LogP contribution in [0.5, 0.6) is 11.5 Å². The molecule has 0 heterocycles. The van der Waals surface area contributed by atoms with Crippen LogP contribution in [0.4, 0.5) is 4.39 Å². The summed E-state index contributed by atoms with van der Waals surface area (Å²) in [5, 5.41) is 9.86. The van der Waals surface area contributed by atoms with Crippen LogP contribution in [0, 0.1) is 5.82 Å². The fourth-order valence-corrected chi connectivity index (χ4v) is 2.04. The lowest BCUT2D eigenvalue weighted by atomic mass is 10.2. The van der Waals surface area contributed by atoms with Gasteiger partial charge in [0.1, 0.15) is 23.9 Å². The lowest BCUT2D eigenvalue weighted by molar-refractivity contribution is 0.302. The van der Waals surface area contributed by atoms with Crippen molar-refractivity contribution in [2.75, 3.05) is 0 Å². The molecule has 0 fully saturated rings. The average molecular weight is 311 g/mol. The summed E-state index contributed by atoms with van der Waals surface area (Å²) in [6.45, 7) is 0.333. The standard InChI is InChI=1S/C14H12BrFO2/c15-8-11-7-12(16)4-5-14(11)18-9-10-2-1-3-13(17)6-10/h1-7,17H,8-9H2. The monoisotopic (exact) mass is 310 g/mol. The Balaban J connectivity index is 2.10. The van der Waals surface area contributed by atoms with Crippen molar-refractivity contribution in [3.63, 3.8) is 0 Å². The van der Waals surface area contributed by atoms with Gasteiger partial charge in [0.2, 0.25) is 0 Å². The Labute approximate surface area is 113 Å². The van der Waals surface area contributed by atoms with Crippen molar-refractivity contribution in [2.24, 2.45) is 0 Å². The zero-order valence-corrected chi connectivity index (χ0v) is 11.2. The number of alkyl halides is 1. The van der Waals surface area contributed by atoms with Gasteiger partial charge in [0, 0.05) is 10.9 Å². The molecule has 0 saturated carbocycles. The molecular weight excluding hydrogens is 299 g/mol. The lowest BCUT2D eigenvalue weighted by Crippen LogP contribution is -1.98. The summed E-state index contributed by atoms with van der Waals surface area (Å²) < 4.78 is 18.7. The smallest absolute Gasteiger partial charge is 0.124 e. The molecule has 0 radical (unpaired) electrons. The van der Waals surface area contributed by atoms with E-state index in [1.165, 1.54) is 12.1 Å². The Morgan fingerprint density at radius 3 is 2.72 bits per heavy atom. The van der Waals surface area contributed by atoms with E-state index in [1.807, 2.05) is 6.07 Å². The maximum atomic E-state index is 13.0. The van der Waals surface area contributed by atoms with E-state index >= 15 is 0 Å². The molecule has 2 nitrogen and oxygen atoms in total. The van der Waals surface area contributed by atoms with Crippen molar-refractivity contribution in [1.29, 1.82) is 0 Å². The molecule has 18 heavy (non-hydrogen) atoms. The van der Waals surface area contributed by atoms with Crippen LogP contribution < -0.4 is 4.74 Å². The number of halogens is 2. The first-order chi connectivity index (χ1) is 8.69. The average Bonchev–Trinajstić information content (AvgIpc) is 2.37. The molecule has 1 N–H and O–H groups in total. The minimum absolute atomic E-state index is 0.205. The van der Waals surface area contributed by atoms with Crippen LogP contribution in [-0.2, 0) is 11.9 Å². The number of hydrogen-bond acceptors (Lipinski definition) is 2. The Bertz CT molecular complexity index is 543. The third kappa shape index (κ3) is 3.23. The Morgan fingerprint density at radius 1 is 1.17 bits per heavy atom. The fourth-order valence-electron chi connectivity index (χ4n) is 1.60. The zero-order chi connectivity index (χ0) is 13.0. The minimum Gasteiger partial charge on any atom is -0.508 e. The van der Waals surface area contributed by atoms with Gasteiger partial charge in [-0.15, -0.1) is 0 Å². The third-order valence-electron chi connectivity index (χ3n) is 2.47. The highest BCUT2D eigenvalue weighted by atomic mass is 79.9. The minimum atomic E-state index is -0.283. The number of aromatic hydroxyl groups is 1. The third-order valence-corrected chi connectivity index (χ3v) is 3.08. The van der Waals surface area contributed by atoms with Crippen molar-refractivity contribution in [3.8, 4) is 11.5 Å². The van der Waals surface area contributed by atoms with Crippen LogP contribution in [0.1, 0.15) is 11.1 Å². The highest BCUT2D eigenvalue weighted by Crippen LogP contribution is 2.23. The van der Waals surface area contributed by atoms with Crippen molar-refractivity contribution in [3.05, 3.63) is 59.4 Å². The van der Waals surface area contributed by atoms with Crippen molar-refractivity contribution in [2.45, 2.75) is 11.9 Å². The molecule has 4 heteroatoms. The van der Waals surface area contributed by atoms with E-state index in [0.29, 0.717) is 17.7 Å². The van der Waals surface area contributed by atoms with Crippen LogP contribution in [0.3, 0.4) is 0 Å². The first kappa shape index (κ1) is 12.9. The molecule has 2 aromatic carbocycles. The van der Waals surface area contributed by atoms with Gasteiger partial charge >= 0.3 is 0 Å². The first-order valence-electron chi connectivity index (χ1n) is 5.44. The van der Waals surface area contributed by atoms with Gasteiger partial charge in [0.05, 0.1) is 0 Å². The second-order valence-corrected chi connectivity index (χ2v) is 4.40. The van der Waals surface area contributed by atoms with Gasteiger partial charge < -0.3 is 9.84 Å². The molecule has 2 aromatic rings. The number of hydrogen-bond donors (Lipinski definition) is 1. The number of benzene rings is 2. The number of ether oxygens (including phenoxy) is 1. The number of rotatable bonds is 4. The Kier molecular flexibility index (Phi) is 4.20. The van der Waals surface area contributed by atoms with E-state index in [-0.39, 0.29) is 11.6 Å². The maximum Gasteiger partial charge on any atom is 0.124 e. The van der Waals surface area contributed by atoms with E-state index < -0.39 is 0 Å². The Morgan fingerprint density at radius 2 is 2.00 bits per heavy atom. The lowest BCUT2D eigenvalue weighted by Gasteiger charge is -2.10. The molecule has 2 rings (SSSR count). The topological polar surface area (TPSA) is 29.5 Å². The highest BCUT2D eigenvalue weighted by Gasteiger charge is 2.05.